The Kier molecular flexibility index (Phi) is 7.46. The van der Waals surface area contributed by atoms with Crippen molar-refractivity contribution >= 4 is 33.2 Å². The Morgan fingerprint density at radius 1 is 1.06 bits per heavy atom. The molecular formula is C24H30ClN3O4S. The highest BCUT2D eigenvalue weighted by molar-refractivity contribution is 7.89. The molecule has 1 atom stereocenters. The first-order valence-corrected chi connectivity index (χ1v) is 13.2. The molecule has 0 aliphatic carbocycles. The van der Waals surface area contributed by atoms with Crippen LogP contribution in [-0.4, -0.2) is 69.4 Å². The molecule has 2 aromatic rings. The van der Waals surface area contributed by atoms with Gasteiger partial charge in [-0.15, -0.1) is 0 Å². The van der Waals surface area contributed by atoms with Gasteiger partial charge in [0.1, 0.15) is 5.75 Å². The topological polar surface area (TPSA) is 70.2 Å². The first kappa shape index (κ1) is 23.9. The fourth-order valence-electron chi connectivity index (χ4n) is 4.51. The van der Waals surface area contributed by atoms with Gasteiger partial charge >= 0.3 is 0 Å². The van der Waals surface area contributed by atoms with Crippen LogP contribution in [-0.2, 0) is 14.8 Å². The third-order valence-electron chi connectivity index (χ3n) is 6.29. The van der Waals surface area contributed by atoms with E-state index >= 15 is 0 Å². The van der Waals surface area contributed by atoms with Crippen LogP contribution in [0.3, 0.4) is 0 Å². The lowest BCUT2D eigenvalue weighted by molar-refractivity contribution is -0.137. The maximum absolute atomic E-state index is 13.2. The van der Waals surface area contributed by atoms with Gasteiger partial charge in [0.25, 0.3) is 0 Å². The van der Waals surface area contributed by atoms with Crippen LogP contribution in [0.2, 0.25) is 5.02 Å². The number of carbonyl (C=O) groups is 1. The molecule has 0 unspecified atom stereocenters. The van der Waals surface area contributed by atoms with Gasteiger partial charge < -0.3 is 14.5 Å². The zero-order valence-corrected chi connectivity index (χ0v) is 20.4. The van der Waals surface area contributed by atoms with E-state index in [1.165, 1.54) is 16.4 Å². The lowest BCUT2D eigenvalue weighted by Crippen LogP contribution is -2.53. The highest BCUT2D eigenvalue weighted by Gasteiger charge is 2.36. The van der Waals surface area contributed by atoms with Gasteiger partial charge in [0.15, 0.2) is 0 Å². The zero-order valence-electron chi connectivity index (χ0n) is 18.8. The lowest BCUT2D eigenvalue weighted by atomic mass is 9.97. The van der Waals surface area contributed by atoms with Crippen LogP contribution >= 0.6 is 11.6 Å². The van der Waals surface area contributed by atoms with Crippen LogP contribution < -0.4 is 9.64 Å². The summed E-state index contributed by atoms with van der Waals surface area (Å²) in [6.07, 6.45) is 1.36. The van der Waals surface area contributed by atoms with Gasteiger partial charge in [-0.1, -0.05) is 29.8 Å². The first-order chi connectivity index (χ1) is 15.9. The molecule has 0 N–H and O–H groups in total. The number of sulfonamides is 1. The molecule has 2 heterocycles. The summed E-state index contributed by atoms with van der Waals surface area (Å²) in [5, 5.41) is 0.263. The molecule has 2 aliphatic rings. The monoisotopic (exact) mass is 491 g/mol. The van der Waals surface area contributed by atoms with Gasteiger partial charge in [-0.05, 0) is 50.1 Å². The van der Waals surface area contributed by atoms with Gasteiger partial charge in [-0.25, -0.2) is 8.42 Å². The molecule has 33 heavy (non-hydrogen) atoms. The Morgan fingerprint density at radius 3 is 2.45 bits per heavy atom. The number of ether oxygens (including phenoxy) is 1. The molecule has 178 valence electrons. The molecule has 2 aliphatic heterocycles. The number of hydrogen-bond donors (Lipinski definition) is 0. The molecular weight excluding hydrogens is 462 g/mol. The summed E-state index contributed by atoms with van der Waals surface area (Å²) in [6, 6.07) is 14.7. The Morgan fingerprint density at radius 2 is 1.79 bits per heavy atom. The fourth-order valence-corrected chi connectivity index (χ4v) is 6.36. The lowest BCUT2D eigenvalue weighted by Gasteiger charge is -2.39. The second-order valence-electron chi connectivity index (χ2n) is 8.38. The van der Waals surface area contributed by atoms with Gasteiger partial charge in [0.05, 0.1) is 22.4 Å². The molecule has 2 saturated heterocycles. The first-order valence-electron chi connectivity index (χ1n) is 11.4. The third-order valence-corrected chi connectivity index (χ3v) is 8.44. The van der Waals surface area contributed by atoms with Crippen LogP contribution in [0.15, 0.2) is 53.4 Å². The molecule has 4 rings (SSSR count). The molecule has 1 amide bonds. The molecule has 9 heteroatoms. The SMILES string of the molecule is CCOc1ccc(S(=O)(=O)N2CCC[C@H](C(=O)N3CCN(c4ccccc4)CC3)C2)cc1Cl. The summed E-state index contributed by atoms with van der Waals surface area (Å²) < 4.78 is 33.3. The second kappa shape index (κ2) is 10.3. The van der Waals surface area contributed by atoms with Crippen LogP contribution in [0.4, 0.5) is 5.69 Å². The number of anilines is 1. The van der Waals surface area contributed by atoms with E-state index in [-0.39, 0.29) is 28.3 Å². The average Bonchev–Trinajstić information content (AvgIpc) is 2.85. The number of piperazine rings is 1. The normalized spacial score (nSPS) is 20.0. The van der Waals surface area contributed by atoms with Gasteiger partial charge in [-0.2, -0.15) is 4.31 Å². The van der Waals surface area contributed by atoms with E-state index in [2.05, 4.69) is 17.0 Å². The minimum atomic E-state index is -3.74. The van der Waals surface area contributed by atoms with Crippen molar-refractivity contribution < 1.29 is 17.9 Å². The minimum absolute atomic E-state index is 0.0485. The van der Waals surface area contributed by atoms with Gasteiger partial charge in [-0.3, -0.25) is 4.79 Å². The predicted octanol–water partition coefficient (Wildman–Crippen LogP) is 3.49. The van der Waals surface area contributed by atoms with Crippen molar-refractivity contribution in [2.45, 2.75) is 24.7 Å². The summed E-state index contributed by atoms with van der Waals surface area (Å²) in [4.78, 5) is 17.5. The number of piperidine rings is 1. The summed E-state index contributed by atoms with van der Waals surface area (Å²) in [5.74, 6) is 0.182. The van der Waals surface area contributed by atoms with E-state index < -0.39 is 10.0 Å². The van der Waals surface area contributed by atoms with Crippen molar-refractivity contribution in [3.63, 3.8) is 0 Å². The van der Waals surface area contributed by atoms with E-state index in [9.17, 15) is 13.2 Å². The number of carbonyl (C=O) groups excluding carboxylic acids is 1. The maximum Gasteiger partial charge on any atom is 0.243 e. The molecule has 0 radical (unpaired) electrons. The molecule has 2 fully saturated rings. The van der Waals surface area contributed by atoms with Crippen LogP contribution in [0.5, 0.6) is 5.75 Å². The van der Waals surface area contributed by atoms with Crippen molar-refractivity contribution in [1.82, 2.24) is 9.21 Å². The van der Waals surface area contributed by atoms with Crippen LogP contribution in [0.1, 0.15) is 19.8 Å². The summed E-state index contributed by atoms with van der Waals surface area (Å²) >= 11 is 6.22. The van der Waals surface area contributed by atoms with Gasteiger partial charge in [0, 0.05) is 45.0 Å². The molecule has 7 nitrogen and oxygen atoms in total. The van der Waals surface area contributed by atoms with Crippen LogP contribution in [0, 0.1) is 5.92 Å². The number of benzene rings is 2. The van der Waals surface area contributed by atoms with Crippen molar-refractivity contribution in [3.8, 4) is 5.75 Å². The predicted molar refractivity (Wildman–Crippen MR) is 129 cm³/mol. The molecule has 0 aromatic heterocycles. The van der Waals surface area contributed by atoms with Crippen molar-refractivity contribution in [3.05, 3.63) is 53.6 Å². The Hall–Kier alpha value is -2.29. The number of para-hydroxylation sites is 1. The van der Waals surface area contributed by atoms with E-state index in [0.717, 1.165) is 18.8 Å². The Balaban J connectivity index is 1.40. The fraction of sp³-hybridized carbons (Fsp3) is 0.458. The summed E-state index contributed by atoms with van der Waals surface area (Å²) in [5.41, 5.74) is 1.16. The quantitative estimate of drug-likeness (QED) is 0.618. The van der Waals surface area contributed by atoms with Crippen LogP contribution in [0.25, 0.3) is 0 Å². The maximum atomic E-state index is 13.2. The van der Waals surface area contributed by atoms with E-state index in [4.69, 9.17) is 16.3 Å². The molecule has 2 aromatic carbocycles. The number of hydrogen-bond acceptors (Lipinski definition) is 5. The molecule has 0 saturated carbocycles. The highest BCUT2D eigenvalue weighted by atomic mass is 35.5. The average molecular weight is 492 g/mol. The van der Waals surface area contributed by atoms with Crippen molar-refractivity contribution in [2.24, 2.45) is 5.92 Å². The number of amides is 1. The summed E-state index contributed by atoms with van der Waals surface area (Å²) in [6.45, 7) is 5.72. The molecule has 0 spiro atoms. The molecule has 0 bridgehead atoms. The van der Waals surface area contributed by atoms with Crippen molar-refractivity contribution in [2.75, 3.05) is 50.8 Å². The van der Waals surface area contributed by atoms with E-state index in [1.807, 2.05) is 30.0 Å². The second-order valence-corrected chi connectivity index (χ2v) is 10.7. The Bertz CT molecular complexity index is 1070. The number of halogens is 1. The van der Waals surface area contributed by atoms with E-state index in [1.54, 1.807) is 6.07 Å². The summed E-state index contributed by atoms with van der Waals surface area (Å²) in [7, 11) is -3.74. The van der Waals surface area contributed by atoms with Crippen molar-refractivity contribution in [1.29, 1.82) is 0 Å². The smallest absolute Gasteiger partial charge is 0.243 e. The number of nitrogens with zero attached hydrogens (tertiary/aromatic N) is 3. The van der Waals surface area contributed by atoms with E-state index in [0.29, 0.717) is 44.8 Å². The standard InChI is InChI=1S/C24H30ClN3O4S/c1-2-32-23-11-10-21(17-22(23)25)33(30,31)28-12-6-7-19(18-28)24(29)27-15-13-26(14-16-27)20-8-4-3-5-9-20/h3-5,8-11,17,19H,2,6-7,12-16,18H2,1H3/t19-/m0/s1. The zero-order chi connectivity index (χ0) is 23.4. The largest absolute Gasteiger partial charge is 0.492 e. The third kappa shape index (κ3) is 5.28. The number of rotatable bonds is 6. The Labute approximate surface area is 200 Å². The highest BCUT2D eigenvalue weighted by Crippen LogP contribution is 2.31. The minimum Gasteiger partial charge on any atom is -0.492 e. The van der Waals surface area contributed by atoms with Gasteiger partial charge in [0.2, 0.25) is 15.9 Å².